The van der Waals surface area contributed by atoms with Gasteiger partial charge >= 0.3 is 0 Å². The van der Waals surface area contributed by atoms with E-state index in [1.807, 2.05) is 48.5 Å². The Morgan fingerprint density at radius 1 is 0.962 bits per heavy atom. The SMILES string of the molecule is Cc1cccc(Nc2nc(NCc3ccco3)c3ccccc3n2)c1.Cl. The van der Waals surface area contributed by atoms with Crippen LogP contribution in [0, 0.1) is 6.92 Å². The van der Waals surface area contributed by atoms with Gasteiger partial charge in [-0.3, -0.25) is 0 Å². The van der Waals surface area contributed by atoms with E-state index in [2.05, 4.69) is 39.7 Å². The Balaban J connectivity index is 0.00000196. The molecule has 26 heavy (non-hydrogen) atoms. The normalized spacial score (nSPS) is 10.3. The molecule has 0 saturated heterocycles. The maximum atomic E-state index is 5.38. The lowest BCUT2D eigenvalue weighted by atomic mass is 10.2. The summed E-state index contributed by atoms with van der Waals surface area (Å²) in [5.41, 5.74) is 3.03. The number of fused-ring (bicyclic) bond motifs is 1. The molecule has 0 saturated carbocycles. The molecule has 132 valence electrons. The zero-order valence-corrected chi connectivity index (χ0v) is 15.1. The van der Waals surface area contributed by atoms with Crippen molar-refractivity contribution in [2.24, 2.45) is 0 Å². The molecule has 0 aliphatic heterocycles. The number of halogens is 1. The van der Waals surface area contributed by atoms with Crippen LogP contribution in [0.2, 0.25) is 0 Å². The first-order chi connectivity index (χ1) is 12.3. The highest BCUT2D eigenvalue weighted by Gasteiger charge is 2.08. The third kappa shape index (κ3) is 3.95. The van der Waals surface area contributed by atoms with E-state index < -0.39 is 0 Å². The number of aromatic nitrogens is 2. The van der Waals surface area contributed by atoms with Crippen LogP contribution in [0.25, 0.3) is 10.9 Å². The molecule has 0 atom stereocenters. The monoisotopic (exact) mass is 366 g/mol. The molecular weight excluding hydrogens is 348 g/mol. The van der Waals surface area contributed by atoms with Gasteiger partial charge in [-0.25, -0.2) is 4.98 Å². The van der Waals surface area contributed by atoms with E-state index in [0.717, 1.165) is 28.2 Å². The lowest BCUT2D eigenvalue weighted by Gasteiger charge is -2.11. The Hall–Kier alpha value is -3.05. The molecule has 2 N–H and O–H groups in total. The summed E-state index contributed by atoms with van der Waals surface area (Å²) in [6, 6.07) is 19.9. The summed E-state index contributed by atoms with van der Waals surface area (Å²) in [6.07, 6.45) is 1.67. The molecule has 0 aliphatic carbocycles. The minimum atomic E-state index is 0. The van der Waals surface area contributed by atoms with Crippen molar-refractivity contribution >= 4 is 40.8 Å². The maximum absolute atomic E-state index is 5.38. The van der Waals surface area contributed by atoms with Crippen LogP contribution in [-0.2, 0) is 6.54 Å². The number of furan rings is 1. The number of rotatable bonds is 5. The minimum Gasteiger partial charge on any atom is -0.467 e. The van der Waals surface area contributed by atoms with Crippen LogP contribution in [0.15, 0.2) is 71.3 Å². The Bertz CT molecular complexity index is 1000. The van der Waals surface area contributed by atoms with Crippen LogP contribution >= 0.6 is 12.4 Å². The summed E-state index contributed by atoms with van der Waals surface area (Å²) in [6.45, 7) is 2.63. The predicted octanol–water partition coefficient (Wildman–Crippen LogP) is 5.31. The summed E-state index contributed by atoms with van der Waals surface area (Å²) in [5, 5.41) is 7.60. The molecule has 2 aromatic carbocycles. The van der Waals surface area contributed by atoms with Crippen LogP contribution in [0.5, 0.6) is 0 Å². The lowest BCUT2D eigenvalue weighted by molar-refractivity contribution is 0.518. The topological polar surface area (TPSA) is 63.0 Å². The van der Waals surface area contributed by atoms with Crippen LogP contribution in [0.1, 0.15) is 11.3 Å². The molecule has 0 fully saturated rings. The molecule has 0 unspecified atom stereocenters. The van der Waals surface area contributed by atoms with Gasteiger partial charge in [0, 0.05) is 11.1 Å². The number of para-hydroxylation sites is 1. The average Bonchev–Trinajstić information content (AvgIpc) is 3.13. The average molecular weight is 367 g/mol. The van der Waals surface area contributed by atoms with Crippen LogP contribution < -0.4 is 10.6 Å². The molecule has 0 amide bonds. The molecule has 5 nitrogen and oxygen atoms in total. The maximum Gasteiger partial charge on any atom is 0.229 e. The largest absolute Gasteiger partial charge is 0.467 e. The molecule has 4 rings (SSSR count). The van der Waals surface area contributed by atoms with Gasteiger partial charge in [-0.15, -0.1) is 12.4 Å². The van der Waals surface area contributed by atoms with E-state index in [1.54, 1.807) is 6.26 Å². The number of hydrogen-bond donors (Lipinski definition) is 2. The van der Waals surface area contributed by atoms with E-state index in [4.69, 9.17) is 4.42 Å². The molecule has 4 aromatic rings. The standard InChI is InChI=1S/C20H18N4O.ClH/c1-14-6-4-7-15(12-14)22-20-23-18-10-3-2-9-17(18)19(24-20)21-13-16-8-5-11-25-16;/h2-12H,13H2,1H3,(H2,21,22,23,24);1H. The van der Waals surface area contributed by atoms with Gasteiger partial charge < -0.3 is 15.1 Å². The van der Waals surface area contributed by atoms with Crippen LogP contribution in [0.4, 0.5) is 17.5 Å². The van der Waals surface area contributed by atoms with Crippen molar-refractivity contribution in [2.75, 3.05) is 10.6 Å². The van der Waals surface area contributed by atoms with Crippen molar-refractivity contribution < 1.29 is 4.42 Å². The van der Waals surface area contributed by atoms with Gasteiger partial charge in [-0.05, 0) is 48.9 Å². The number of nitrogens with one attached hydrogen (secondary N) is 2. The summed E-state index contributed by atoms with van der Waals surface area (Å²) < 4.78 is 5.38. The Labute approximate surface area is 157 Å². The van der Waals surface area contributed by atoms with E-state index in [0.29, 0.717) is 12.5 Å². The van der Waals surface area contributed by atoms with E-state index in [9.17, 15) is 0 Å². The van der Waals surface area contributed by atoms with E-state index in [1.165, 1.54) is 5.56 Å². The molecule has 2 aromatic heterocycles. The number of anilines is 3. The van der Waals surface area contributed by atoms with Crippen molar-refractivity contribution in [1.82, 2.24) is 9.97 Å². The quantitative estimate of drug-likeness (QED) is 0.501. The first-order valence-electron chi connectivity index (χ1n) is 8.15. The third-order valence-corrected chi connectivity index (χ3v) is 3.89. The smallest absolute Gasteiger partial charge is 0.229 e. The van der Waals surface area contributed by atoms with Crippen molar-refractivity contribution in [3.63, 3.8) is 0 Å². The van der Waals surface area contributed by atoms with Gasteiger partial charge in [0.25, 0.3) is 0 Å². The van der Waals surface area contributed by atoms with E-state index in [-0.39, 0.29) is 12.4 Å². The van der Waals surface area contributed by atoms with Crippen LogP contribution in [-0.4, -0.2) is 9.97 Å². The van der Waals surface area contributed by atoms with E-state index >= 15 is 0 Å². The Morgan fingerprint density at radius 3 is 2.65 bits per heavy atom. The summed E-state index contributed by atoms with van der Waals surface area (Å²) >= 11 is 0. The highest BCUT2D eigenvalue weighted by molar-refractivity contribution is 5.90. The van der Waals surface area contributed by atoms with Gasteiger partial charge in [0.05, 0.1) is 18.3 Å². The summed E-state index contributed by atoms with van der Waals surface area (Å²) in [4.78, 5) is 9.27. The lowest BCUT2D eigenvalue weighted by Crippen LogP contribution is -2.05. The first kappa shape index (κ1) is 17.8. The fraction of sp³-hybridized carbons (Fsp3) is 0.100. The van der Waals surface area contributed by atoms with Gasteiger partial charge in [0.2, 0.25) is 5.95 Å². The second-order valence-corrected chi connectivity index (χ2v) is 5.84. The third-order valence-electron chi connectivity index (χ3n) is 3.89. The van der Waals surface area contributed by atoms with Crippen molar-refractivity contribution in [2.45, 2.75) is 13.5 Å². The number of benzene rings is 2. The first-order valence-corrected chi connectivity index (χ1v) is 8.15. The zero-order valence-electron chi connectivity index (χ0n) is 14.3. The van der Waals surface area contributed by atoms with Crippen LogP contribution in [0.3, 0.4) is 0 Å². The van der Waals surface area contributed by atoms with Gasteiger partial charge in [0.1, 0.15) is 11.6 Å². The van der Waals surface area contributed by atoms with Crippen molar-refractivity contribution in [3.8, 4) is 0 Å². The number of hydrogen-bond acceptors (Lipinski definition) is 5. The molecule has 0 aliphatic rings. The Kier molecular flexibility index (Phi) is 5.39. The molecule has 0 bridgehead atoms. The second kappa shape index (κ2) is 7.89. The number of nitrogens with zero attached hydrogens (tertiary/aromatic N) is 2. The predicted molar refractivity (Wildman–Crippen MR) is 107 cm³/mol. The summed E-state index contributed by atoms with van der Waals surface area (Å²) in [5.74, 6) is 2.19. The Morgan fingerprint density at radius 2 is 1.85 bits per heavy atom. The zero-order chi connectivity index (χ0) is 17.1. The summed E-state index contributed by atoms with van der Waals surface area (Å²) in [7, 11) is 0. The van der Waals surface area contributed by atoms with Gasteiger partial charge in [-0.2, -0.15) is 4.98 Å². The van der Waals surface area contributed by atoms with Gasteiger partial charge in [0.15, 0.2) is 0 Å². The molecular formula is C20H19ClN4O. The number of aryl methyl sites for hydroxylation is 1. The van der Waals surface area contributed by atoms with Crippen molar-refractivity contribution in [3.05, 3.63) is 78.3 Å². The fourth-order valence-corrected chi connectivity index (χ4v) is 2.70. The molecule has 0 spiro atoms. The molecule has 6 heteroatoms. The molecule has 0 radical (unpaired) electrons. The highest BCUT2D eigenvalue weighted by Crippen LogP contribution is 2.24. The van der Waals surface area contributed by atoms with Gasteiger partial charge in [-0.1, -0.05) is 24.3 Å². The fourth-order valence-electron chi connectivity index (χ4n) is 2.70. The molecule has 2 heterocycles. The second-order valence-electron chi connectivity index (χ2n) is 5.84. The highest BCUT2D eigenvalue weighted by atomic mass is 35.5. The van der Waals surface area contributed by atoms with Crippen molar-refractivity contribution in [1.29, 1.82) is 0 Å². The minimum absolute atomic E-state index is 0.